The molecule has 2 amide bonds. The Labute approximate surface area is 307 Å². The van der Waals surface area contributed by atoms with E-state index < -0.39 is 24.5 Å². The monoisotopic (exact) mass is 715 g/mol. The van der Waals surface area contributed by atoms with Gasteiger partial charge in [0.2, 0.25) is 12.9 Å². The highest BCUT2D eigenvalue weighted by Gasteiger charge is 2.78. The minimum absolute atomic E-state index is 0.0390. The summed E-state index contributed by atoms with van der Waals surface area (Å²) in [6, 6.07) is 7.77. The molecule has 5 rings (SSSR count). The number of aliphatic hydroxyl groups is 2. The summed E-state index contributed by atoms with van der Waals surface area (Å²) in [5.41, 5.74) is 9.86. The molecule has 8 unspecified atom stereocenters. The van der Waals surface area contributed by atoms with Crippen molar-refractivity contribution in [2.24, 2.45) is 11.7 Å². The highest BCUT2D eigenvalue weighted by Crippen LogP contribution is 2.53. The normalized spacial score (nSPS) is 30.5. The Morgan fingerprint density at radius 2 is 1.73 bits per heavy atom. The van der Waals surface area contributed by atoms with Gasteiger partial charge in [-0.25, -0.2) is 9.28 Å². The Hall–Kier alpha value is -2.61. The Balaban J connectivity index is 1.22. The molecule has 4 heterocycles. The predicted molar refractivity (Wildman–Crippen MR) is 202 cm³/mol. The van der Waals surface area contributed by atoms with Crippen LogP contribution in [0.15, 0.2) is 35.8 Å². The lowest BCUT2D eigenvalue weighted by Crippen LogP contribution is -2.68. The molecule has 8 atom stereocenters. The predicted octanol–water partition coefficient (Wildman–Crippen LogP) is 4.52. The molecule has 1 aromatic rings. The maximum absolute atomic E-state index is 13.0. The Bertz CT molecular complexity index is 1350. The highest BCUT2D eigenvalue weighted by molar-refractivity contribution is 5.89. The number of hydrogen-bond donors (Lipinski definition) is 6. The van der Waals surface area contributed by atoms with Gasteiger partial charge < -0.3 is 41.5 Å². The zero-order valence-corrected chi connectivity index (χ0v) is 32.8. The van der Waals surface area contributed by atoms with Crippen LogP contribution in [0, 0.1) is 5.92 Å². The van der Waals surface area contributed by atoms with E-state index in [4.69, 9.17) is 10.5 Å². The van der Waals surface area contributed by atoms with E-state index in [0.717, 1.165) is 80.1 Å². The number of carbonyl (C=O) groups is 1. The fraction of sp³-hybridized carbons (Fsp3) is 0.769. The number of nitrogens with two attached hydrogens (primary N) is 1. The van der Waals surface area contributed by atoms with Gasteiger partial charge in [0.15, 0.2) is 24.3 Å². The van der Waals surface area contributed by atoms with Crippen molar-refractivity contribution >= 4 is 11.7 Å². The van der Waals surface area contributed by atoms with Crippen molar-refractivity contribution in [1.82, 2.24) is 20.5 Å². The van der Waals surface area contributed by atoms with Crippen LogP contribution in [0.5, 0.6) is 0 Å². The van der Waals surface area contributed by atoms with Gasteiger partial charge in [0.1, 0.15) is 18.8 Å². The molecule has 0 radical (unpaired) electrons. The number of benzene rings is 1. The average Bonchev–Trinajstić information content (AvgIpc) is 3.44. The molecule has 288 valence electrons. The minimum Gasteiger partial charge on any atom is -0.387 e. The van der Waals surface area contributed by atoms with E-state index in [1.807, 2.05) is 19.2 Å². The van der Waals surface area contributed by atoms with Gasteiger partial charge in [0, 0.05) is 18.3 Å². The summed E-state index contributed by atoms with van der Waals surface area (Å²) in [6.45, 7) is 19.8. The van der Waals surface area contributed by atoms with Crippen LogP contribution in [0.2, 0.25) is 0 Å². The van der Waals surface area contributed by atoms with Gasteiger partial charge in [-0.05, 0) is 74.7 Å². The molecule has 0 aliphatic carbocycles. The van der Waals surface area contributed by atoms with Crippen molar-refractivity contribution in [2.45, 2.75) is 142 Å². The molecule has 0 aromatic heterocycles. The van der Waals surface area contributed by atoms with E-state index in [1.54, 1.807) is 0 Å². The molecule has 4 aliphatic rings. The third-order valence-electron chi connectivity index (χ3n) is 12.0. The third kappa shape index (κ3) is 8.31. The first-order valence-electron chi connectivity index (χ1n) is 19.8. The quantitative estimate of drug-likeness (QED) is 0.0743. The summed E-state index contributed by atoms with van der Waals surface area (Å²) in [5.74, 6) is 1.06. The second-order valence-corrected chi connectivity index (χ2v) is 17.2. The number of nitrogens with zero attached hydrogens (tertiary/aromatic N) is 4. The molecule has 12 heteroatoms. The molecule has 0 saturated carbocycles. The van der Waals surface area contributed by atoms with Gasteiger partial charge in [-0.15, -0.1) is 9.60 Å². The number of urea groups is 1. The molecular formula is C39H70N8O4+2. The zero-order chi connectivity index (χ0) is 37.1. The molecule has 3 fully saturated rings. The third-order valence-corrected chi connectivity index (χ3v) is 12.0. The van der Waals surface area contributed by atoms with Gasteiger partial charge in [-0.3, -0.25) is 0 Å². The molecule has 12 nitrogen and oxygen atoms in total. The first-order valence-corrected chi connectivity index (χ1v) is 19.8. The highest BCUT2D eigenvalue weighted by atomic mass is 16.6. The van der Waals surface area contributed by atoms with Crippen molar-refractivity contribution in [1.29, 1.82) is 0 Å². The number of nitrogens with one attached hydrogen (secondary N) is 3. The Morgan fingerprint density at radius 1 is 1.06 bits per heavy atom. The minimum atomic E-state index is -1.01. The summed E-state index contributed by atoms with van der Waals surface area (Å²) in [5, 5.41) is 35.4. The van der Waals surface area contributed by atoms with E-state index in [1.165, 1.54) is 18.4 Å². The number of carbonyl (C=O) groups excluding carboxylic acids is 1. The number of likely N-dealkylation sites (N-methyl/N-ethyl adjacent to an activating group) is 1. The lowest BCUT2D eigenvalue weighted by molar-refractivity contribution is -1.11. The first-order chi connectivity index (χ1) is 24.2. The number of fused-ring (bicyclic) bond motifs is 3. The van der Waals surface area contributed by atoms with Gasteiger partial charge in [0.05, 0.1) is 6.54 Å². The van der Waals surface area contributed by atoms with Gasteiger partial charge in [-0.1, -0.05) is 79.9 Å². The number of amides is 2. The zero-order valence-electron chi connectivity index (χ0n) is 32.8. The van der Waals surface area contributed by atoms with Crippen LogP contribution in [0.25, 0.3) is 0 Å². The van der Waals surface area contributed by atoms with Crippen molar-refractivity contribution in [3.05, 3.63) is 41.3 Å². The van der Waals surface area contributed by atoms with Crippen LogP contribution in [-0.2, 0) is 10.2 Å². The van der Waals surface area contributed by atoms with E-state index in [9.17, 15) is 15.0 Å². The van der Waals surface area contributed by atoms with Crippen LogP contribution in [-0.4, -0.2) is 119 Å². The lowest BCUT2D eigenvalue weighted by atomic mass is 9.87. The molecule has 4 aliphatic heterocycles. The second-order valence-electron chi connectivity index (χ2n) is 17.2. The summed E-state index contributed by atoms with van der Waals surface area (Å²) >= 11 is 0. The van der Waals surface area contributed by atoms with Crippen LogP contribution in [0.4, 0.5) is 10.5 Å². The molecular weight excluding hydrogens is 644 g/mol. The second kappa shape index (κ2) is 16.2. The fourth-order valence-corrected chi connectivity index (χ4v) is 8.77. The van der Waals surface area contributed by atoms with Crippen LogP contribution in [0.1, 0.15) is 105 Å². The summed E-state index contributed by atoms with van der Waals surface area (Å²) < 4.78 is 8.17. The smallest absolute Gasteiger partial charge is 0.319 e. The number of hydrogen-bond acceptors (Lipinski definition) is 8. The van der Waals surface area contributed by atoms with Crippen molar-refractivity contribution in [3.8, 4) is 0 Å². The van der Waals surface area contributed by atoms with Crippen LogP contribution in [0.3, 0.4) is 0 Å². The van der Waals surface area contributed by atoms with Crippen LogP contribution < -0.4 is 21.7 Å². The summed E-state index contributed by atoms with van der Waals surface area (Å²) in [6.07, 6.45) is 5.65. The number of ether oxygens (including phenoxy) is 1. The van der Waals surface area contributed by atoms with Crippen molar-refractivity contribution < 1.29 is 28.8 Å². The Kier molecular flexibility index (Phi) is 12.6. The molecule has 7 N–H and O–H groups in total. The number of quaternary nitrogens is 2. The van der Waals surface area contributed by atoms with Crippen molar-refractivity contribution in [2.75, 3.05) is 51.9 Å². The SMILES string of the molecule is CCCCCC[N+]1(C2OC(CN(C)CCC(NC(=O)Nc3ccc(C(C)(C)C)cc3)C(C)C)C(O)C2O)CNC2=C(N)N3C[N+]3(CCCCC)C21. The summed E-state index contributed by atoms with van der Waals surface area (Å²) in [7, 11) is 2.02. The maximum atomic E-state index is 13.0. The van der Waals surface area contributed by atoms with E-state index in [2.05, 4.69) is 86.5 Å². The number of unbranched alkanes of at least 4 members (excludes halogenated alkanes) is 5. The van der Waals surface area contributed by atoms with Crippen LogP contribution >= 0.6 is 0 Å². The fourth-order valence-electron chi connectivity index (χ4n) is 8.77. The van der Waals surface area contributed by atoms with E-state index >= 15 is 0 Å². The van der Waals surface area contributed by atoms with Gasteiger partial charge in [-0.2, -0.15) is 0 Å². The molecule has 51 heavy (non-hydrogen) atoms. The van der Waals surface area contributed by atoms with E-state index in [-0.39, 0.29) is 29.6 Å². The Morgan fingerprint density at radius 3 is 2.37 bits per heavy atom. The number of aliphatic hydroxyl groups excluding tert-OH is 2. The number of rotatable bonds is 18. The largest absolute Gasteiger partial charge is 0.387 e. The van der Waals surface area contributed by atoms with Gasteiger partial charge >= 0.3 is 6.03 Å². The first kappa shape index (κ1) is 39.6. The molecule has 0 spiro atoms. The average molecular weight is 715 g/mol. The topological polar surface area (TPSA) is 135 Å². The van der Waals surface area contributed by atoms with Crippen molar-refractivity contribution in [3.63, 3.8) is 0 Å². The molecule has 0 bridgehead atoms. The molecule has 1 aromatic carbocycles. The van der Waals surface area contributed by atoms with E-state index in [0.29, 0.717) is 24.2 Å². The molecule has 3 saturated heterocycles. The lowest BCUT2D eigenvalue weighted by Gasteiger charge is -2.43. The summed E-state index contributed by atoms with van der Waals surface area (Å²) in [4.78, 5) is 15.2. The standard InChI is InChI=1S/C39H69N8O4/c1-9-11-13-15-22-46(25-41-32-35(40)45-26-47(45,36(32)46)23-14-12-10-2)37-34(49)33(48)31(51-37)24-44(8)21-20-30(27(3)4)43-38(50)42-29-18-16-28(17-19-29)39(5,6)7/h16-19,27,30-31,33-34,36-37,41,48-49H,9-15,20-26,40H2,1-8H3,(H-,42,43,50)/q+1/p+1. The number of anilines is 1. The maximum Gasteiger partial charge on any atom is 0.319 e. The van der Waals surface area contributed by atoms with Gasteiger partial charge in [0.25, 0.3) is 6.17 Å².